The average molecular weight is 291 g/mol. The number of rotatable bonds is 2. The lowest BCUT2D eigenvalue weighted by atomic mass is 9.96. The van der Waals surface area contributed by atoms with E-state index in [2.05, 4.69) is 29.8 Å². The van der Waals surface area contributed by atoms with Crippen molar-refractivity contribution in [2.45, 2.75) is 81.6 Å². The fraction of sp³-hybridized carbons (Fsp3) is 1.00. The Balaban J connectivity index is 1.83. The van der Waals surface area contributed by atoms with Crippen LogP contribution in [0.5, 0.6) is 0 Å². The van der Waals surface area contributed by atoms with Gasteiger partial charge < -0.3 is 9.47 Å². The molecule has 0 bridgehead atoms. The lowest BCUT2D eigenvalue weighted by Crippen LogP contribution is -2.39. The van der Waals surface area contributed by atoms with Crippen molar-refractivity contribution in [1.82, 2.24) is 0 Å². The van der Waals surface area contributed by atoms with Gasteiger partial charge in [-0.2, -0.15) is 0 Å². The molecular weight excluding hydrogens is 268 g/mol. The van der Waals surface area contributed by atoms with Gasteiger partial charge in [0, 0.05) is 4.83 Å². The highest BCUT2D eigenvalue weighted by atomic mass is 79.9. The fourth-order valence-corrected chi connectivity index (χ4v) is 3.62. The number of hydrogen-bond acceptors (Lipinski definition) is 2. The second kappa shape index (κ2) is 5.83. The van der Waals surface area contributed by atoms with Crippen molar-refractivity contribution in [1.29, 1.82) is 0 Å². The summed E-state index contributed by atoms with van der Waals surface area (Å²) in [6.45, 7) is 4.30. The summed E-state index contributed by atoms with van der Waals surface area (Å²) in [4.78, 5) is 0.565. The SMILES string of the molecule is CC1CC(OC2CCCCC2Br)CC(C)O1. The van der Waals surface area contributed by atoms with Crippen molar-refractivity contribution < 1.29 is 9.47 Å². The van der Waals surface area contributed by atoms with E-state index in [9.17, 15) is 0 Å². The zero-order valence-corrected chi connectivity index (χ0v) is 11.9. The largest absolute Gasteiger partial charge is 0.375 e. The number of ether oxygens (including phenoxy) is 2. The van der Waals surface area contributed by atoms with Gasteiger partial charge in [0.05, 0.1) is 24.4 Å². The third kappa shape index (κ3) is 3.44. The summed E-state index contributed by atoms with van der Waals surface area (Å²) in [5, 5.41) is 0. The van der Waals surface area contributed by atoms with E-state index in [1.807, 2.05) is 0 Å². The third-order valence-electron chi connectivity index (χ3n) is 3.64. The van der Waals surface area contributed by atoms with Crippen LogP contribution in [0.2, 0.25) is 0 Å². The van der Waals surface area contributed by atoms with Crippen LogP contribution in [0, 0.1) is 0 Å². The van der Waals surface area contributed by atoms with Crippen LogP contribution < -0.4 is 0 Å². The molecule has 1 aliphatic heterocycles. The Morgan fingerprint density at radius 3 is 2.31 bits per heavy atom. The van der Waals surface area contributed by atoms with E-state index in [0.29, 0.717) is 29.2 Å². The summed E-state index contributed by atoms with van der Waals surface area (Å²) in [6, 6.07) is 0. The van der Waals surface area contributed by atoms with Crippen LogP contribution in [-0.2, 0) is 9.47 Å². The minimum absolute atomic E-state index is 0.353. The Kier molecular flexibility index (Phi) is 4.68. The van der Waals surface area contributed by atoms with Crippen LogP contribution in [0.15, 0.2) is 0 Å². The monoisotopic (exact) mass is 290 g/mol. The van der Waals surface area contributed by atoms with Crippen LogP contribution in [0.4, 0.5) is 0 Å². The predicted octanol–water partition coefficient (Wildman–Crippen LogP) is 3.67. The van der Waals surface area contributed by atoms with E-state index in [1.165, 1.54) is 25.7 Å². The van der Waals surface area contributed by atoms with Gasteiger partial charge in [0.1, 0.15) is 0 Å². The van der Waals surface area contributed by atoms with Gasteiger partial charge in [-0.05, 0) is 39.5 Å². The van der Waals surface area contributed by atoms with Gasteiger partial charge in [-0.3, -0.25) is 0 Å². The number of halogens is 1. The van der Waals surface area contributed by atoms with Gasteiger partial charge in [0.15, 0.2) is 0 Å². The van der Waals surface area contributed by atoms with Crippen molar-refractivity contribution >= 4 is 15.9 Å². The molecule has 1 saturated carbocycles. The van der Waals surface area contributed by atoms with Gasteiger partial charge in [-0.25, -0.2) is 0 Å². The van der Waals surface area contributed by atoms with E-state index in [4.69, 9.17) is 9.47 Å². The van der Waals surface area contributed by atoms with Crippen LogP contribution in [-0.4, -0.2) is 29.2 Å². The summed E-state index contributed by atoms with van der Waals surface area (Å²) in [6.07, 6.45) is 8.79. The first kappa shape index (κ1) is 12.8. The number of alkyl halides is 1. The molecule has 94 valence electrons. The molecule has 0 spiro atoms. The van der Waals surface area contributed by atoms with E-state index in [0.717, 1.165) is 12.8 Å². The normalized spacial score (nSPS) is 45.6. The Morgan fingerprint density at radius 2 is 1.69 bits per heavy atom. The first-order chi connectivity index (χ1) is 7.65. The molecule has 0 radical (unpaired) electrons. The molecule has 0 aromatic rings. The lowest BCUT2D eigenvalue weighted by molar-refractivity contribution is -0.124. The molecule has 4 atom stereocenters. The van der Waals surface area contributed by atoms with E-state index in [-0.39, 0.29) is 0 Å². The van der Waals surface area contributed by atoms with E-state index >= 15 is 0 Å². The van der Waals surface area contributed by atoms with Crippen LogP contribution in [0.1, 0.15) is 52.4 Å². The molecule has 4 unspecified atom stereocenters. The Labute approximate surface area is 107 Å². The van der Waals surface area contributed by atoms with Crippen LogP contribution in [0.25, 0.3) is 0 Å². The average Bonchev–Trinajstić information content (AvgIpc) is 2.20. The first-order valence-electron chi connectivity index (χ1n) is 6.60. The molecule has 16 heavy (non-hydrogen) atoms. The molecule has 1 heterocycles. The third-order valence-corrected chi connectivity index (χ3v) is 4.69. The molecule has 3 heteroatoms. The van der Waals surface area contributed by atoms with E-state index < -0.39 is 0 Å². The molecule has 1 saturated heterocycles. The van der Waals surface area contributed by atoms with Gasteiger partial charge in [0.25, 0.3) is 0 Å². The number of hydrogen-bond donors (Lipinski definition) is 0. The highest BCUT2D eigenvalue weighted by Crippen LogP contribution is 2.31. The lowest BCUT2D eigenvalue weighted by Gasteiger charge is -2.37. The molecule has 2 rings (SSSR count). The molecule has 2 aliphatic rings. The predicted molar refractivity (Wildman–Crippen MR) is 69.1 cm³/mol. The fourth-order valence-electron chi connectivity index (χ4n) is 2.91. The standard InChI is InChI=1S/C13H23BrO2/c1-9-7-11(8-10(2)15-9)16-13-6-4-3-5-12(13)14/h9-13H,3-8H2,1-2H3. The quantitative estimate of drug-likeness (QED) is 0.723. The van der Waals surface area contributed by atoms with Crippen molar-refractivity contribution in [3.05, 3.63) is 0 Å². The molecule has 0 N–H and O–H groups in total. The minimum Gasteiger partial charge on any atom is -0.375 e. The molecule has 0 amide bonds. The van der Waals surface area contributed by atoms with Gasteiger partial charge in [0.2, 0.25) is 0 Å². The summed E-state index contributed by atoms with van der Waals surface area (Å²) >= 11 is 3.76. The summed E-state index contributed by atoms with van der Waals surface area (Å²) < 4.78 is 12.0. The molecule has 2 nitrogen and oxygen atoms in total. The minimum atomic E-state index is 0.353. The molecule has 0 aromatic carbocycles. The summed E-state index contributed by atoms with van der Waals surface area (Å²) in [5.41, 5.74) is 0. The van der Waals surface area contributed by atoms with Gasteiger partial charge in [-0.15, -0.1) is 0 Å². The van der Waals surface area contributed by atoms with Gasteiger partial charge >= 0.3 is 0 Å². The zero-order chi connectivity index (χ0) is 11.5. The van der Waals surface area contributed by atoms with Crippen molar-refractivity contribution in [2.24, 2.45) is 0 Å². The molecule has 2 fully saturated rings. The Bertz CT molecular complexity index is 212. The van der Waals surface area contributed by atoms with Crippen molar-refractivity contribution in [2.75, 3.05) is 0 Å². The zero-order valence-electron chi connectivity index (χ0n) is 10.3. The maximum atomic E-state index is 6.26. The Hall–Kier alpha value is 0.400. The smallest absolute Gasteiger partial charge is 0.0703 e. The molecule has 0 aromatic heterocycles. The second-order valence-electron chi connectivity index (χ2n) is 5.33. The second-order valence-corrected chi connectivity index (χ2v) is 6.50. The maximum absolute atomic E-state index is 6.26. The van der Waals surface area contributed by atoms with Gasteiger partial charge in [-0.1, -0.05) is 28.8 Å². The highest BCUT2D eigenvalue weighted by molar-refractivity contribution is 9.09. The van der Waals surface area contributed by atoms with Crippen LogP contribution >= 0.6 is 15.9 Å². The maximum Gasteiger partial charge on any atom is 0.0703 e. The Morgan fingerprint density at radius 1 is 1.06 bits per heavy atom. The van der Waals surface area contributed by atoms with Crippen LogP contribution in [0.3, 0.4) is 0 Å². The molecular formula is C13H23BrO2. The highest BCUT2D eigenvalue weighted by Gasteiger charge is 2.30. The first-order valence-corrected chi connectivity index (χ1v) is 7.51. The van der Waals surface area contributed by atoms with Crippen molar-refractivity contribution in [3.8, 4) is 0 Å². The summed E-state index contributed by atoms with van der Waals surface area (Å²) in [5.74, 6) is 0. The summed E-state index contributed by atoms with van der Waals surface area (Å²) in [7, 11) is 0. The molecule has 1 aliphatic carbocycles. The van der Waals surface area contributed by atoms with Crippen molar-refractivity contribution in [3.63, 3.8) is 0 Å². The van der Waals surface area contributed by atoms with E-state index in [1.54, 1.807) is 0 Å². The topological polar surface area (TPSA) is 18.5 Å².